The van der Waals surface area contributed by atoms with Crippen LogP contribution in [-0.2, 0) is 9.84 Å². The van der Waals surface area contributed by atoms with Crippen LogP contribution in [0.25, 0.3) is 0 Å². The zero-order chi connectivity index (χ0) is 21.7. The minimum atomic E-state index is -3.41. The number of anilines is 1. The van der Waals surface area contributed by atoms with Gasteiger partial charge in [-0.15, -0.1) is 11.8 Å². The predicted octanol–water partition coefficient (Wildman–Crippen LogP) is 6.12. The molecule has 0 spiro atoms. The number of thioether (sulfide) groups is 1. The molecule has 8 heteroatoms. The van der Waals surface area contributed by atoms with Crippen molar-refractivity contribution in [1.82, 2.24) is 0 Å². The summed E-state index contributed by atoms with van der Waals surface area (Å²) in [7, 11) is -3.41. The van der Waals surface area contributed by atoms with Crippen LogP contribution < -0.4 is 5.32 Å². The highest BCUT2D eigenvalue weighted by molar-refractivity contribution is 8.00. The Kier molecular flexibility index (Phi) is 7.47. The van der Waals surface area contributed by atoms with Crippen LogP contribution in [0.4, 0.5) is 5.69 Å². The molecule has 0 saturated heterocycles. The summed E-state index contributed by atoms with van der Waals surface area (Å²) in [6.07, 6.45) is 0. The van der Waals surface area contributed by atoms with Gasteiger partial charge in [-0.2, -0.15) is 0 Å². The van der Waals surface area contributed by atoms with Crippen LogP contribution >= 0.6 is 35.0 Å². The molecule has 0 bridgehead atoms. The summed E-state index contributed by atoms with van der Waals surface area (Å²) in [4.78, 5) is 13.7. The minimum absolute atomic E-state index is 0.0351. The first-order chi connectivity index (χ1) is 14.3. The van der Waals surface area contributed by atoms with E-state index >= 15 is 0 Å². The van der Waals surface area contributed by atoms with Crippen molar-refractivity contribution < 1.29 is 13.2 Å². The number of sulfone groups is 1. The van der Waals surface area contributed by atoms with Gasteiger partial charge in [-0.1, -0.05) is 41.4 Å². The summed E-state index contributed by atoms with van der Waals surface area (Å²) in [6.45, 7) is 1.91. The van der Waals surface area contributed by atoms with Crippen molar-refractivity contribution >= 4 is 56.4 Å². The Morgan fingerprint density at radius 3 is 2.40 bits per heavy atom. The molecule has 0 radical (unpaired) electrons. The molecule has 0 atom stereocenters. The van der Waals surface area contributed by atoms with Gasteiger partial charge in [-0.3, -0.25) is 4.79 Å². The number of para-hydroxylation sites is 1. The number of amides is 1. The van der Waals surface area contributed by atoms with Crippen LogP contribution in [0, 0.1) is 6.92 Å². The highest BCUT2D eigenvalue weighted by Crippen LogP contribution is 2.27. The number of carbonyl (C=O) groups is 1. The highest BCUT2D eigenvalue weighted by atomic mass is 35.5. The molecule has 3 aromatic carbocycles. The Hall–Kier alpha value is -1.99. The van der Waals surface area contributed by atoms with Gasteiger partial charge in [-0.25, -0.2) is 8.42 Å². The smallest absolute Gasteiger partial charge is 0.257 e. The zero-order valence-corrected chi connectivity index (χ0v) is 19.2. The fourth-order valence-corrected chi connectivity index (χ4v) is 5.63. The minimum Gasteiger partial charge on any atom is -0.322 e. The van der Waals surface area contributed by atoms with Gasteiger partial charge in [-0.05, 0) is 61.0 Å². The number of benzene rings is 3. The van der Waals surface area contributed by atoms with E-state index in [9.17, 15) is 13.2 Å². The Balaban J connectivity index is 1.67. The van der Waals surface area contributed by atoms with E-state index in [0.29, 0.717) is 27.0 Å². The fourth-order valence-electron chi connectivity index (χ4n) is 2.70. The summed E-state index contributed by atoms with van der Waals surface area (Å²) < 4.78 is 24.9. The molecular weight excluding hydrogens is 461 g/mol. The van der Waals surface area contributed by atoms with Crippen LogP contribution in [0.5, 0.6) is 0 Å². The standard InChI is InChI=1S/C22H19Cl2NO3S2/c1-15-4-2-3-5-21(15)25-22(26)19-14-17(8-11-20(19)24)29-12-13-30(27,28)18-9-6-16(23)7-10-18/h2-11,14H,12-13H2,1H3,(H,25,26). The fraction of sp³-hybridized carbons (Fsp3) is 0.136. The quantitative estimate of drug-likeness (QED) is 0.414. The van der Waals surface area contributed by atoms with Gasteiger partial charge < -0.3 is 5.32 Å². The maximum atomic E-state index is 12.7. The van der Waals surface area contributed by atoms with Gasteiger partial charge >= 0.3 is 0 Å². The van der Waals surface area contributed by atoms with E-state index in [0.717, 1.165) is 10.5 Å². The van der Waals surface area contributed by atoms with Gasteiger partial charge in [0.1, 0.15) is 0 Å². The van der Waals surface area contributed by atoms with Gasteiger partial charge in [0.05, 0.1) is 21.2 Å². The first kappa shape index (κ1) is 22.7. The first-order valence-corrected chi connectivity index (χ1v) is 12.4. The van der Waals surface area contributed by atoms with Gasteiger partial charge in [0, 0.05) is 21.4 Å². The van der Waals surface area contributed by atoms with Crippen LogP contribution in [0.1, 0.15) is 15.9 Å². The van der Waals surface area contributed by atoms with Crippen LogP contribution in [0.15, 0.2) is 76.5 Å². The maximum Gasteiger partial charge on any atom is 0.257 e. The molecular formula is C22H19Cl2NO3S2. The number of hydrogen-bond acceptors (Lipinski definition) is 4. The summed E-state index contributed by atoms with van der Waals surface area (Å²) >= 11 is 13.4. The molecule has 156 valence electrons. The van der Waals surface area contributed by atoms with E-state index in [1.54, 1.807) is 30.3 Å². The van der Waals surface area contributed by atoms with Crippen LogP contribution in [-0.4, -0.2) is 25.8 Å². The molecule has 1 amide bonds. The van der Waals surface area contributed by atoms with Gasteiger partial charge in [0.25, 0.3) is 5.91 Å². The normalized spacial score (nSPS) is 11.3. The summed E-state index contributed by atoms with van der Waals surface area (Å²) in [5, 5.41) is 3.68. The van der Waals surface area contributed by atoms with Crippen molar-refractivity contribution in [2.24, 2.45) is 0 Å². The molecule has 0 aliphatic carbocycles. The monoisotopic (exact) mass is 479 g/mol. The zero-order valence-electron chi connectivity index (χ0n) is 16.1. The second-order valence-corrected chi connectivity index (χ2v) is 10.7. The van der Waals surface area contributed by atoms with Gasteiger partial charge in [0.15, 0.2) is 9.84 Å². The molecule has 0 aliphatic rings. The molecule has 4 nitrogen and oxygen atoms in total. The lowest BCUT2D eigenvalue weighted by Gasteiger charge is -2.11. The predicted molar refractivity (Wildman–Crippen MR) is 125 cm³/mol. The Morgan fingerprint density at radius 1 is 1.00 bits per heavy atom. The Bertz CT molecular complexity index is 1160. The summed E-state index contributed by atoms with van der Waals surface area (Å²) in [6, 6.07) is 18.7. The Labute approximate surface area is 190 Å². The molecule has 1 N–H and O–H groups in total. The van der Waals surface area contributed by atoms with Gasteiger partial charge in [0.2, 0.25) is 0 Å². The van der Waals surface area contributed by atoms with Crippen molar-refractivity contribution in [2.75, 3.05) is 16.8 Å². The lowest BCUT2D eigenvalue weighted by molar-refractivity contribution is 0.102. The number of aryl methyl sites for hydroxylation is 1. The van der Waals surface area contributed by atoms with Crippen LogP contribution in [0.3, 0.4) is 0 Å². The van der Waals surface area contributed by atoms with E-state index < -0.39 is 9.84 Å². The molecule has 0 unspecified atom stereocenters. The van der Waals surface area contributed by atoms with Crippen molar-refractivity contribution in [2.45, 2.75) is 16.7 Å². The van der Waals surface area contributed by atoms with E-state index in [2.05, 4.69) is 5.32 Å². The third-order valence-corrected chi connectivity index (χ3v) is 7.94. The summed E-state index contributed by atoms with van der Waals surface area (Å²) in [5.74, 6) is -0.0106. The molecule has 0 aromatic heterocycles. The van der Waals surface area contributed by atoms with Crippen molar-refractivity contribution in [3.63, 3.8) is 0 Å². The average molecular weight is 480 g/mol. The second kappa shape index (κ2) is 9.88. The van der Waals surface area contributed by atoms with Crippen molar-refractivity contribution in [1.29, 1.82) is 0 Å². The molecule has 30 heavy (non-hydrogen) atoms. The average Bonchev–Trinajstić information content (AvgIpc) is 2.71. The maximum absolute atomic E-state index is 12.7. The second-order valence-electron chi connectivity index (χ2n) is 6.53. The Morgan fingerprint density at radius 2 is 1.70 bits per heavy atom. The number of nitrogens with one attached hydrogen (secondary N) is 1. The van der Waals surface area contributed by atoms with E-state index in [4.69, 9.17) is 23.2 Å². The molecule has 3 rings (SSSR count). The summed E-state index contributed by atoms with van der Waals surface area (Å²) in [5.41, 5.74) is 2.00. The number of hydrogen-bond donors (Lipinski definition) is 1. The topological polar surface area (TPSA) is 63.2 Å². The molecule has 0 saturated carbocycles. The molecule has 0 fully saturated rings. The molecule has 0 aliphatic heterocycles. The van der Waals surface area contributed by atoms with Crippen LogP contribution in [0.2, 0.25) is 10.0 Å². The number of carbonyl (C=O) groups excluding carboxylic acids is 1. The largest absolute Gasteiger partial charge is 0.322 e. The number of halogens is 2. The third-order valence-electron chi connectivity index (χ3n) is 4.37. The lowest BCUT2D eigenvalue weighted by Crippen LogP contribution is -2.13. The van der Waals surface area contributed by atoms with Crippen molar-refractivity contribution in [3.8, 4) is 0 Å². The van der Waals surface area contributed by atoms with E-state index in [1.165, 1.54) is 23.9 Å². The molecule has 0 heterocycles. The lowest BCUT2D eigenvalue weighted by atomic mass is 10.1. The third kappa shape index (κ3) is 5.79. The highest BCUT2D eigenvalue weighted by Gasteiger charge is 2.16. The first-order valence-electron chi connectivity index (χ1n) is 9.04. The number of rotatable bonds is 7. The van der Waals surface area contributed by atoms with E-state index in [-0.39, 0.29) is 16.6 Å². The van der Waals surface area contributed by atoms with Crippen molar-refractivity contribution in [3.05, 3.63) is 87.9 Å². The SMILES string of the molecule is Cc1ccccc1NC(=O)c1cc(SCCS(=O)(=O)c2ccc(Cl)cc2)ccc1Cl. The van der Waals surface area contributed by atoms with E-state index in [1.807, 2.05) is 31.2 Å². The molecule has 3 aromatic rings.